The summed E-state index contributed by atoms with van der Waals surface area (Å²) in [6.07, 6.45) is 0.905. The highest BCUT2D eigenvalue weighted by Gasteiger charge is 2.09. The average molecular weight is 245 g/mol. The smallest absolute Gasteiger partial charge is 0.125 e. The molecule has 16 heavy (non-hydrogen) atoms. The summed E-state index contributed by atoms with van der Waals surface area (Å²) in [6, 6.07) is 5.19. The summed E-state index contributed by atoms with van der Waals surface area (Å²) in [5.74, 6) is 0.650. The van der Waals surface area contributed by atoms with E-state index in [-0.39, 0.29) is 6.61 Å². The van der Waals surface area contributed by atoms with Gasteiger partial charge in [0.05, 0.1) is 12.7 Å². The van der Waals surface area contributed by atoms with Crippen LogP contribution in [0, 0.1) is 0 Å². The highest BCUT2D eigenvalue weighted by Crippen LogP contribution is 2.28. The van der Waals surface area contributed by atoms with Crippen LogP contribution in [0.5, 0.6) is 5.75 Å². The van der Waals surface area contributed by atoms with Crippen molar-refractivity contribution >= 4 is 11.6 Å². The van der Waals surface area contributed by atoms with Crippen molar-refractivity contribution in [3.63, 3.8) is 0 Å². The van der Waals surface area contributed by atoms with Crippen LogP contribution in [0.15, 0.2) is 18.2 Å². The molecule has 0 heterocycles. The Morgan fingerprint density at radius 2 is 2.12 bits per heavy atom. The Morgan fingerprint density at radius 1 is 1.38 bits per heavy atom. The number of aliphatic hydroxyl groups excluding tert-OH is 2. The Kier molecular flexibility index (Phi) is 5.60. The quantitative estimate of drug-likeness (QED) is 0.756. The van der Waals surface area contributed by atoms with Crippen LogP contribution >= 0.6 is 11.6 Å². The van der Waals surface area contributed by atoms with Crippen molar-refractivity contribution in [3.8, 4) is 5.75 Å². The molecule has 0 saturated carbocycles. The molecule has 0 fully saturated rings. The van der Waals surface area contributed by atoms with Gasteiger partial charge in [-0.05, 0) is 38.0 Å². The summed E-state index contributed by atoms with van der Waals surface area (Å²) < 4.78 is 5.53. The van der Waals surface area contributed by atoms with Gasteiger partial charge in [-0.3, -0.25) is 0 Å². The Hall–Kier alpha value is -0.770. The number of benzene rings is 1. The van der Waals surface area contributed by atoms with E-state index in [9.17, 15) is 5.11 Å². The Labute approximate surface area is 101 Å². The molecule has 0 aliphatic heterocycles. The predicted octanol–water partition coefficient (Wildman–Crippen LogP) is 2.54. The van der Waals surface area contributed by atoms with E-state index in [4.69, 9.17) is 21.4 Å². The first-order valence-corrected chi connectivity index (χ1v) is 5.74. The molecule has 90 valence electrons. The molecule has 0 aliphatic rings. The molecule has 1 rings (SSSR count). The van der Waals surface area contributed by atoms with Gasteiger partial charge in [0.15, 0.2) is 0 Å². The monoisotopic (exact) mass is 244 g/mol. The number of aliphatic hydroxyl groups is 2. The van der Waals surface area contributed by atoms with Gasteiger partial charge in [0, 0.05) is 17.2 Å². The second-order valence-corrected chi connectivity index (χ2v) is 4.07. The summed E-state index contributed by atoms with van der Waals surface area (Å²) in [4.78, 5) is 0. The zero-order valence-corrected chi connectivity index (χ0v) is 10.1. The molecule has 0 amide bonds. The minimum Gasteiger partial charge on any atom is -0.493 e. The fourth-order valence-electron chi connectivity index (χ4n) is 1.37. The SMILES string of the molecule is C[C@H](O)c1cc(Cl)ccc1OCCCCO. The van der Waals surface area contributed by atoms with Crippen molar-refractivity contribution in [1.29, 1.82) is 0 Å². The molecule has 0 unspecified atom stereocenters. The lowest BCUT2D eigenvalue weighted by Crippen LogP contribution is -2.03. The molecule has 0 aliphatic carbocycles. The summed E-state index contributed by atoms with van der Waals surface area (Å²) >= 11 is 5.84. The molecular weight excluding hydrogens is 228 g/mol. The van der Waals surface area contributed by atoms with E-state index >= 15 is 0 Å². The number of hydrogen-bond acceptors (Lipinski definition) is 3. The van der Waals surface area contributed by atoms with Gasteiger partial charge in [-0.1, -0.05) is 11.6 Å². The van der Waals surface area contributed by atoms with Gasteiger partial charge in [0.25, 0.3) is 0 Å². The molecule has 1 aromatic carbocycles. The van der Waals surface area contributed by atoms with Gasteiger partial charge in [-0.25, -0.2) is 0 Å². The molecule has 0 spiro atoms. The topological polar surface area (TPSA) is 49.7 Å². The first-order chi connectivity index (χ1) is 7.65. The number of halogens is 1. The van der Waals surface area contributed by atoms with Gasteiger partial charge >= 0.3 is 0 Å². The van der Waals surface area contributed by atoms with Crippen LogP contribution in [0.3, 0.4) is 0 Å². The van der Waals surface area contributed by atoms with E-state index in [0.29, 0.717) is 22.9 Å². The van der Waals surface area contributed by atoms with E-state index in [1.807, 2.05) is 0 Å². The normalized spacial score (nSPS) is 12.5. The number of rotatable bonds is 6. The maximum atomic E-state index is 9.55. The number of unbranched alkanes of at least 4 members (excludes halogenated alkanes) is 1. The van der Waals surface area contributed by atoms with Crippen molar-refractivity contribution in [1.82, 2.24) is 0 Å². The van der Waals surface area contributed by atoms with E-state index in [1.165, 1.54) is 0 Å². The lowest BCUT2D eigenvalue weighted by Gasteiger charge is -2.13. The van der Waals surface area contributed by atoms with Crippen LogP contribution in [0.4, 0.5) is 0 Å². The Balaban J connectivity index is 2.64. The zero-order valence-electron chi connectivity index (χ0n) is 9.32. The van der Waals surface area contributed by atoms with Crippen LogP contribution in [-0.4, -0.2) is 23.4 Å². The van der Waals surface area contributed by atoms with Crippen LogP contribution < -0.4 is 4.74 Å². The third-order valence-corrected chi connectivity index (χ3v) is 2.47. The van der Waals surface area contributed by atoms with Crippen molar-refractivity contribution < 1.29 is 14.9 Å². The number of hydrogen-bond donors (Lipinski definition) is 2. The highest BCUT2D eigenvalue weighted by molar-refractivity contribution is 6.30. The Bertz CT molecular complexity index is 326. The Morgan fingerprint density at radius 3 is 2.75 bits per heavy atom. The first-order valence-electron chi connectivity index (χ1n) is 5.36. The number of ether oxygens (including phenoxy) is 1. The summed E-state index contributed by atoms with van der Waals surface area (Å²) in [5.41, 5.74) is 0.691. The van der Waals surface area contributed by atoms with Gasteiger partial charge < -0.3 is 14.9 Å². The molecule has 4 heteroatoms. The summed E-state index contributed by atoms with van der Waals surface area (Å²) in [7, 11) is 0. The maximum absolute atomic E-state index is 9.55. The van der Waals surface area contributed by atoms with Crippen molar-refractivity contribution in [3.05, 3.63) is 28.8 Å². The first kappa shape index (κ1) is 13.3. The molecule has 1 aromatic rings. The van der Waals surface area contributed by atoms with Crippen LogP contribution in [0.1, 0.15) is 31.4 Å². The fraction of sp³-hybridized carbons (Fsp3) is 0.500. The summed E-state index contributed by atoms with van der Waals surface area (Å²) in [5, 5.41) is 18.8. The van der Waals surface area contributed by atoms with E-state index < -0.39 is 6.10 Å². The third-order valence-electron chi connectivity index (χ3n) is 2.23. The molecular formula is C12H17ClO3. The van der Waals surface area contributed by atoms with Gasteiger partial charge in [-0.2, -0.15) is 0 Å². The van der Waals surface area contributed by atoms with E-state index in [0.717, 1.165) is 12.8 Å². The molecule has 0 radical (unpaired) electrons. The second-order valence-electron chi connectivity index (χ2n) is 3.64. The fourth-order valence-corrected chi connectivity index (χ4v) is 1.55. The van der Waals surface area contributed by atoms with Crippen LogP contribution in [0.25, 0.3) is 0 Å². The second kappa shape index (κ2) is 6.74. The lowest BCUT2D eigenvalue weighted by atomic mass is 10.1. The molecule has 2 N–H and O–H groups in total. The maximum Gasteiger partial charge on any atom is 0.125 e. The van der Waals surface area contributed by atoms with E-state index in [1.54, 1.807) is 25.1 Å². The average Bonchev–Trinajstić information content (AvgIpc) is 2.26. The molecule has 0 aromatic heterocycles. The van der Waals surface area contributed by atoms with Crippen LogP contribution in [-0.2, 0) is 0 Å². The molecule has 0 saturated heterocycles. The summed E-state index contributed by atoms with van der Waals surface area (Å²) in [6.45, 7) is 2.38. The largest absolute Gasteiger partial charge is 0.493 e. The van der Waals surface area contributed by atoms with E-state index in [2.05, 4.69) is 0 Å². The van der Waals surface area contributed by atoms with Crippen molar-refractivity contribution in [2.45, 2.75) is 25.9 Å². The third kappa shape index (κ3) is 4.00. The molecule has 3 nitrogen and oxygen atoms in total. The standard InChI is InChI=1S/C12H17ClO3/c1-9(15)11-8-10(13)4-5-12(11)16-7-3-2-6-14/h4-5,8-9,14-15H,2-3,6-7H2,1H3/t9-/m0/s1. The zero-order chi connectivity index (χ0) is 12.0. The minimum absolute atomic E-state index is 0.174. The highest BCUT2D eigenvalue weighted by atomic mass is 35.5. The van der Waals surface area contributed by atoms with Gasteiger partial charge in [-0.15, -0.1) is 0 Å². The van der Waals surface area contributed by atoms with Crippen molar-refractivity contribution in [2.75, 3.05) is 13.2 Å². The van der Waals surface area contributed by atoms with Gasteiger partial charge in [0.2, 0.25) is 0 Å². The lowest BCUT2D eigenvalue weighted by molar-refractivity contribution is 0.189. The minimum atomic E-state index is -0.605. The van der Waals surface area contributed by atoms with Gasteiger partial charge in [0.1, 0.15) is 5.75 Å². The van der Waals surface area contributed by atoms with Crippen LogP contribution in [0.2, 0.25) is 5.02 Å². The predicted molar refractivity (Wildman–Crippen MR) is 63.9 cm³/mol. The molecule has 0 bridgehead atoms. The molecule has 1 atom stereocenters. The van der Waals surface area contributed by atoms with Crippen molar-refractivity contribution in [2.24, 2.45) is 0 Å².